The number of hydrogen-bond acceptors (Lipinski definition) is 4. The van der Waals surface area contributed by atoms with Crippen molar-refractivity contribution in [3.8, 4) is 0 Å². The number of benzene rings is 1. The number of nitrogens with one attached hydrogen (secondary N) is 1. The molecule has 0 unspecified atom stereocenters. The zero-order chi connectivity index (χ0) is 15.8. The number of carbonyl (C=O) groups excluding carboxylic acids is 1. The number of nitrogens with zero attached hydrogens (tertiary/aromatic N) is 1. The molecular weight excluding hydrogens is 266 g/mol. The summed E-state index contributed by atoms with van der Waals surface area (Å²) in [5.41, 5.74) is 8.06. The van der Waals surface area contributed by atoms with Crippen molar-refractivity contribution in [2.24, 2.45) is 0 Å². The van der Waals surface area contributed by atoms with E-state index in [1.807, 2.05) is 19.9 Å². The lowest BCUT2D eigenvalue weighted by Crippen LogP contribution is -2.21. The van der Waals surface area contributed by atoms with E-state index >= 15 is 0 Å². The molecule has 5 heteroatoms. The minimum Gasteiger partial charge on any atom is -0.397 e. The standard InChI is InChI=1S/C16H27N3O2/c1-12(2)21-10-6-5-9-18-15-8-7-13(11-14(15)17)16(20)19(3)4/h7-8,11-12,18H,5-6,9-10,17H2,1-4H3. The zero-order valence-corrected chi connectivity index (χ0v) is 13.5. The molecule has 0 aliphatic carbocycles. The van der Waals surface area contributed by atoms with Gasteiger partial charge in [0.15, 0.2) is 0 Å². The molecule has 0 heterocycles. The molecule has 5 nitrogen and oxygen atoms in total. The Morgan fingerprint density at radius 3 is 2.62 bits per heavy atom. The van der Waals surface area contributed by atoms with Crippen molar-refractivity contribution in [1.82, 2.24) is 4.90 Å². The van der Waals surface area contributed by atoms with Crippen LogP contribution >= 0.6 is 0 Å². The first kappa shape index (κ1) is 17.3. The monoisotopic (exact) mass is 293 g/mol. The maximum atomic E-state index is 11.8. The summed E-state index contributed by atoms with van der Waals surface area (Å²) in [4.78, 5) is 13.4. The number of amides is 1. The number of rotatable bonds is 8. The highest BCUT2D eigenvalue weighted by atomic mass is 16.5. The van der Waals surface area contributed by atoms with E-state index in [0.717, 1.165) is 31.7 Å². The third-order valence-electron chi connectivity index (χ3n) is 3.04. The van der Waals surface area contributed by atoms with Gasteiger partial charge >= 0.3 is 0 Å². The Kier molecular flexibility index (Phi) is 7.02. The quantitative estimate of drug-likeness (QED) is 0.571. The van der Waals surface area contributed by atoms with Gasteiger partial charge in [0.05, 0.1) is 17.5 Å². The van der Waals surface area contributed by atoms with E-state index in [2.05, 4.69) is 5.32 Å². The molecule has 0 bridgehead atoms. The Balaban J connectivity index is 2.41. The predicted molar refractivity (Wildman–Crippen MR) is 87.7 cm³/mol. The smallest absolute Gasteiger partial charge is 0.253 e. The van der Waals surface area contributed by atoms with E-state index in [0.29, 0.717) is 11.3 Å². The lowest BCUT2D eigenvalue weighted by molar-refractivity contribution is 0.0765. The van der Waals surface area contributed by atoms with Gasteiger partial charge in [-0.25, -0.2) is 0 Å². The van der Waals surface area contributed by atoms with Crippen molar-refractivity contribution in [2.45, 2.75) is 32.8 Å². The maximum absolute atomic E-state index is 11.8. The molecule has 0 atom stereocenters. The molecule has 0 aliphatic rings. The molecule has 21 heavy (non-hydrogen) atoms. The number of hydrogen-bond donors (Lipinski definition) is 2. The number of ether oxygens (including phenoxy) is 1. The minimum absolute atomic E-state index is 0.0425. The molecule has 0 radical (unpaired) electrons. The van der Waals surface area contributed by atoms with Crippen LogP contribution in [0.3, 0.4) is 0 Å². The van der Waals surface area contributed by atoms with E-state index in [-0.39, 0.29) is 12.0 Å². The molecule has 0 spiro atoms. The average Bonchev–Trinajstić information content (AvgIpc) is 2.42. The third-order valence-corrected chi connectivity index (χ3v) is 3.04. The summed E-state index contributed by atoms with van der Waals surface area (Å²) in [6, 6.07) is 5.37. The number of nitrogen functional groups attached to an aromatic ring is 1. The fraction of sp³-hybridized carbons (Fsp3) is 0.562. The highest BCUT2D eigenvalue weighted by Gasteiger charge is 2.09. The number of unbranched alkanes of at least 4 members (excludes halogenated alkanes) is 1. The summed E-state index contributed by atoms with van der Waals surface area (Å²) < 4.78 is 5.49. The second kappa shape index (κ2) is 8.52. The van der Waals surface area contributed by atoms with E-state index in [4.69, 9.17) is 10.5 Å². The number of nitrogens with two attached hydrogens (primary N) is 1. The van der Waals surface area contributed by atoms with Crippen LogP contribution in [0.5, 0.6) is 0 Å². The van der Waals surface area contributed by atoms with Gasteiger partial charge in [-0.1, -0.05) is 0 Å². The van der Waals surface area contributed by atoms with Crippen LogP contribution in [-0.4, -0.2) is 44.2 Å². The van der Waals surface area contributed by atoms with Crippen molar-refractivity contribution < 1.29 is 9.53 Å². The summed E-state index contributed by atoms with van der Waals surface area (Å²) in [6.45, 7) is 5.70. The van der Waals surface area contributed by atoms with Crippen molar-refractivity contribution in [3.05, 3.63) is 23.8 Å². The third kappa shape index (κ3) is 6.04. The Hall–Kier alpha value is -1.75. The van der Waals surface area contributed by atoms with Crippen molar-refractivity contribution >= 4 is 17.3 Å². The topological polar surface area (TPSA) is 67.6 Å². The van der Waals surface area contributed by atoms with Crippen LogP contribution < -0.4 is 11.1 Å². The second-order valence-corrected chi connectivity index (χ2v) is 5.56. The van der Waals surface area contributed by atoms with Crippen molar-refractivity contribution in [1.29, 1.82) is 0 Å². The number of carbonyl (C=O) groups is 1. The van der Waals surface area contributed by atoms with Crippen LogP contribution in [-0.2, 0) is 4.74 Å². The molecule has 1 amide bonds. The summed E-state index contributed by atoms with van der Waals surface area (Å²) >= 11 is 0. The molecule has 118 valence electrons. The summed E-state index contributed by atoms with van der Waals surface area (Å²) in [7, 11) is 3.45. The van der Waals surface area contributed by atoms with Gasteiger partial charge < -0.3 is 20.7 Å². The number of anilines is 2. The molecule has 0 fully saturated rings. The molecule has 0 aliphatic heterocycles. The molecule has 1 aromatic carbocycles. The zero-order valence-electron chi connectivity index (χ0n) is 13.5. The summed E-state index contributed by atoms with van der Waals surface area (Å²) in [5.74, 6) is -0.0425. The first-order valence-corrected chi connectivity index (χ1v) is 7.38. The van der Waals surface area contributed by atoms with Gasteiger partial charge in [-0.15, -0.1) is 0 Å². The van der Waals surface area contributed by atoms with E-state index in [9.17, 15) is 4.79 Å². The van der Waals surface area contributed by atoms with Crippen LogP contribution in [0.2, 0.25) is 0 Å². The van der Waals surface area contributed by atoms with Crippen LogP contribution in [0.25, 0.3) is 0 Å². The van der Waals surface area contributed by atoms with Crippen LogP contribution in [0.15, 0.2) is 18.2 Å². The van der Waals surface area contributed by atoms with Gasteiger partial charge in [0.25, 0.3) is 5.91 Å². The first-order chi connectivity index (χ1) is 9.91. The SMILES string of the molecule is CC(C)OCCCCNc1ccc(C(=O)N(C)C)cc1N. The van der Waals surface area contributed by atoms with Gasteiger partial charge in [0, 0.05) is 32.8 Å². The minimum atomic E-state index is -0.0425. The molecule has 1 rings (SSSR count). The fourth-order valence-electron chi connectivity index (χ4n) is 1.88. The second-order valence-electron chi connectivity index (χ2n) is 5.56. The average molecular weight is 293 g/mol. The Labute approximate surface area is 127 Å². The first-order valence-electron chi connectivity index (χ1n) is 7.38. The molecule has 0 saturated carbocycles. The molecule has 0 aromatic heterocycles. The van der Waals surface area contributed by atoms with Crippen LogP contribution in [0, 0.1) is 0 Å². The highest BCUT2D eigenvalue weighted by molar-refractivity contribution is 5.95. The molecule has 1 aromatic rings. The van der Waals surface area contributed by atoms with Crippen LogP contribution in [0.4, 0.5) is 11.4 Å². The predicted octanol–water partition coefficient (Wildman–Crippen LogP) is 2.59. The summed E-state index contributed by atoms with van der Waals surface area (Å²) in [6.07, 6.45) is 2.32. The fourth-order valence-corrected chi connectivity index (χ4v) is 1.88. The van der Waals surface area contributed by atoms with Gasteiger partial charge in [0.2, 0.25) is 0 Å². The van der Waals surface area contributed by atoms with Gasteiger partial charge in [-0.2, -0.15) is 0 Å². The Morgan fingerprint density at radius 1 is 1.33 bits per heavy atom. The van der Waals surface area contributed by atoms with E-state index in [1.54, 1.807) is 26.2 Å². The lowest BCUT2D eigenvalue weighted by Gasteiger charge is -2.13. The van der Waals surface area contributed by atoms with Crippen LogP contribution in [0.1, 0.15) is 37.0 Å². The maximum Gasteiger partial charge on any atom is 0.253 e. The van der Waals surface area contributed by atoms with Crippen molar-refractivity contribution in [2.75, 3.05) is 38.3 Å². The molecule has 3 N–H and O–H groups in total. The normalized spacial score (nSPS) is 10.7. The Bertz CT molecular complexity index is 459. The van der Waals surface area contributed by atoms with Gasteiger partial charge in [-0.3, -0.25) is 4.79 Å². The van der Waals surface area contributed by atoms with E-state index < -0.39 is 0 Å². The lowest BCUT2D eigenvalue weighted by atomic mass is 10.1. The van der Waals surface area contributed by atoms with Gasteiger partial charge in [-0.05, 0) is 44.9 Å². The van der Waals surface area contributed by atoms with E-state index in [1.165, 1.54) is 4.90 Å². The molecule has 0 saturated heterocycles. The summed E-state index contributed by atoms with van der Waals surface area (Å²) in [5, 5.41) is 3.29. The highest BCUT2D eigenvalue weighted by Crippen LogP contribution is 2.20. The molecular formula is C16H27N3O2. The Morgan fingerprint density at radius 2 is 2.05 bits per heavy atom. The largest absolute Gasteiger partial charge is 0.397 e. The van der Waals surface area contributed by atoms with Crippen molar-refractivity contribution in [3.63, 3.8) is 0 Å². The van der Waals surface area contributed by atoms with Gasteiger partial charge in [0.1, 0.15) is 0 Å².